The molecule has 1 spiro atoms. The van der Waals surface area contributed by atoms with Gasteiger partial charge in [0.1, 0.15) is 6.04 Å². The number of likely N-dealkylation sites (tertiary alicyclic amines) is 2. The first kappa shape index (κ1) is 17.0. The molecular weight excluding hydrogens is 328 g/mol. The zero-order chi connectivity index (χ0) is 17.5. The minimum Gasteiger partial charge on any atom is -0.480 e. The number of hydrogen-bond acceptors (Lipinski definition) is 4. The topological polar surface area (TPSA) is 77.9 Å². The molecule has 1 aromatic rings. The van der Waals surface area contributed by atoms with Crippen LogP contribution in [-0.4, -0.2) is 58.4 Å². The molecule has 2 fully saturated rings. The van der Waals surface area contributed by atoms with Crippen LogP contribution in [0.4, 0.5) is 0 Å². The average molecular weight is 350 g/mol. The molecule has 2 amide bonds. The summed E-state index contributed by atoms with van der Waals surface area (Å²) in [5, 5.41) is 9.38. The second-order valence-electron chi connectivity index (χ2n) is 6.91. The minimum atomic E-state index is -0.936. The summed E-state index contributed by atoms with van der Waals surface area (Å²) in [6.07, 6.45) is 1.98. The highest BCUT2D eigenvalue weighted by Gasteiger charge is 2.49. The van der Waals surface area contributed by atoms with Gasteiger partial charge < -0.3 is 14.9 Å². The molecule has 7 heteroatoms. The molecule has 0 aromatic carbocycles. The number of amides is 2. The first-order valence-electron chi connectivity index (χ1n) is 8.17. The highest BCUT2D eigenvalue weighted by Crippen LogP contribution is 2.43. The fourth-order valence-electron chi connectivity index (χ4n) is 3.86. The van der Waals surface area contributed by atoms with Gasteiger partial charge in [0.25, 0.3) is 5.91 Å². The van der Waals surface area contributed by atoms with E-state index in [9.17, 15) is 19.5 Å². The van der Waals surface area contributed by atoms with Crippen LogP contribution in [0.2, 0.25) is 0 Å². The van der Waals surface area contributed by atoms with Gasteiger partial charge in [-0.15, -0.1) is 11.3 Å². The third kappa shape index (κ3) is 3.05. The normalized spacial score (nSPS) is 22.8. The molecule has 0 radical (unpaired) electrons. The predicted octanol–water partition coefficient (Wildman–Crippen LogP) is 1.98. The van der Waals surface area contributed by atoms with E-state index in [2.05, 4.69) is 0 Å². The van der Waals surface area contributed by atoms with Crippen LogP contribution >= 0.6 is 11.3 Å². The van der Waals surface area contributed by atoms with E-state index < -0.39 is 12.0 Å². The van der Waals surface area contributed by atoms with Crippen LogP contribution in [0.5, 0.6) is 0 Å². The van der Waals surface area contributed by atoms with E-state index in [1.54, 1.807) is 0 Å². The second kappa shape index (κ2) is 6.20. The Kier molecular flexibility index (Phi) is 4.38. The largest absolute Gasteiger partial charge is 0.480 e. The summed E-state index contributed by atoms with van der Waals surface area (Å²) in [7, 11) is 0. The Morgan fingerprint density at radius 2 is 1.92 bits per heavy atom. The summed E-state index contributed by atoms with van der Waals surface area (Å²) in [5.74, 6) is -1.07. The lowest BCUT2D eigenvalue weighted by Gasteiger charge is -2.39. The van der Waals surface area contributed by atoms with E-state index in [-0.39, 0.29) is 17.2 Å². The quantitative estimate of drug-likeness (QED) is 0.885. The number of thiophene rings is 1. The van der Waals surface area contributed by atoms with Crippen molar-refractivity contribution < 1.29 is 19.5 Å². The molecule has 2 aliphatic rings. The zero-order valence-electron chi connectivity index (χ0n) is 13.9. The van der Waals surface area contributed by atoms with Crippen molar-refractivity contribution in [2.45, 2.75) is 39.2 Å². The molecule has 2 saturated heterocycles. The number of carbonyl (C=O) groups excluding carboxylic acids is 2. The van der Waals surface area contributed by atoms with Gasteiger partial charge in [-0.3, -0.25) is 9.59 Å². The Morgan fingerprint density at radius 3 is 2.38 bits per heavy atom. The van der Waals surface area contributed by atoms with Crippen molar-refractivity contribution in [1.29, 1.82) is 0 Å². The summed E-state index contributed by atoms with van der Waals surface area (Å²) in [4.78, 5) is 40.9. The monoisotopic (exact) mass is 350 g/mol. The number of hydrogen-bond donors (Lipinski definition) is 1. The Labute approximate surface area is 145 Å². The fourth-order valence-corrected chi connectivity index (χ4v) is 4.70. The summed E-state index contributed by atoms with van der Waals surface area (Å²) >= 11 is 1.50. The molecule has 1 N–H and O–H groups in total. The van der Waals surface area contributed by atoms with Crippen LogP contribution in [0.15, 0.2) is 12.1 Å². The van der Waals surface area contributed by atoms with Crippen molar-refractivity contribution >= 4 is 29.1 Å². The van der Waals surface area contributed by atoms with E-state index in [0.29, 0.717) is 26.1 Å². The van der Waals surface area contributed by atoms with Gasteiger partial charge >= 0.3 is 5.97 Å². The molecule has 1 unspecified atom stereocenters. The second-order valence-corrected chi connectivity index (χ2v) is 8.20. The van der Waals surface area contributed by atoms with Gasteiger partial charge in [-0.1, -0.05) is 0 Å². The lowest BCUT2D eigenvalue weighted by molar-refractivity contribution is -0.147. The number of carboxylic acid groups (broad SMARTS) is 1. The van der Waals surface area contributed by atoms with Crippen LogP contribution in [0.3, 0.4) is 0 Å². The maximum atomic E-state index is 12.5. The molecule has 130 valence electrons. The summed E-state index contributed by atoms with van der Waals surface area (Å²) in [6, 6.07) is 3.08. The molecule has 24 heavy (non-hydrogen) atoms. The van der Waals surface area contributed by atoms with Gasteiger partial charge in [0.05, 0.1) is 4.88 Å². The van der Waals surface area contributed by atoms with Crippen molar-refractivity contribution in [3.8, 4) is 0 Å². The molecule has 1 aromatic heterocycles. The molecular formula is C17H22N2O4S. The number of aryl methyl sites for hydroxylation is 1. The summed E-state index contributed by atoms with van der Waals surface area (Å²) in [5.41, 5.74) is -0.170. The number of rotatable bonds is 2. The van der Waals surface area contributed by atoms with Crippen LogP contribution in [0, 0.1) is 12.3 Å². The van der Waals surface area contributed by atoms with E-state index in [4.69, 9.17) is 0 Å². The number of piperidine rings is 1. The fraction of sp³-hybridized carbons (Fsp3) is 0.588. The van der Waals surface area contributed by atoms with E-state index >= 15 is 0 Å². The maximum absolute atomic E-state index is 12.5. The lowest BCUT2D eigenvalue weighted by atomic mass is 9.76. The SMILES string of the molecule is CC(=O)N1CC2(CCN(C(=O)c3ccc(C)s3)CC2)CC1C(=O)O. The molecule has 3 rings (SSSR count). The molecule has 3 heterocycles. The van der Waals surface area contributed by atoms with Gasteiger partial charge in [0.2, 0.25) is 5.91 Å². The maximum Gasteiger partial charge on any atom is 0.326 e. The molecule has 1 atom stereocenters. The van der Waals surface area contributed by atoms with Gasteiger partial charge in [0, 0.05) is 31.4 Å². The Hall–Kier alpha value is -1.89. The predicted molar refractivity (Wildman–Crippen MR) is 90.1 cm³/mol. The number of carboxylic acids is 1. The number of carbonyl (C=O) groups is 3. The van der Waals surface area contributed by atoms with Crippen molar-refractivity contribution in [2.75, 3.05) is 19.6 Å². The molecule has 2 aliphatic heterocycles. The highest BCUT2D eigenvalue weighted by atomic mass is 32.1. The standard InChI is InChI=1S/C17H22N2O4S/c1-11-3-4-14(24-11)15(21)18-7-5-17(6-8-18)9-13(16(22)23)19(10-17)12(2)20/h3-4,13H,5-10H2,1-2H3,(H,22,23). The third-order valence-corrected chi connectivity index (χ3v) is 6.25. The first-order valence-corrected chi connectivity index (χ1v) is 8.99. The van der Waals surface area contributed by atoms with E-state index in [1.807, 2.05) is 24.0 Å². The first-order chi connectivity index (χ1) is 11.3. The van der Waals surface area contributed by atoms with Crippen molar-refractivity contribution in [3.05, 3.63) is 21.9 Å². The Bertz CT molecular complexity index is 652. The van der Waals surface area contributed by atoms with E-state index in [0.717, 1.165) is 22.6 Å². The summed E-state index contributed by atoms with van der Waals surface area (Å²) < 4.78 is 0. The highest BCUT2D eigenvalue weighted by molar-refractivity contribution is 7.13. The zero-order valence-corrected chi connectivity index (χ0v) is 14.8. The van der Waals surface area contributed by atoms with Gasteiger partial charge in [0.15, 0.2) is 0 Å². The van der Waals surface area contributed by atoms with Crippen LogP contribution in [0.25, 0.3) is 0 Å². The smallest absolute Gasteiger partial charge is 0.326 e. The van der Waals surface area contributed by atoms with Crippen LogP contribution < -0.4 is 0 Å². The van der Waals surface area contributed by atoms with Gasteiger partial charge in [-0.05, 0) is 43.7 Å². The van der Waals surface area contributed by atoms with Crippen LogP contribution in [0.1, 0.15) is 40.7 Å². The average Bonchev–Trinajstić information content (AvgIpc) is 3.12. The summed E-state index contributed by atoms with van der Waals surface area (Å²) in [6.45, 7) is 5.13. The minimum absolute atomic E-state index is 0.0548. The Balaban J connectivity index is 1.67. The molecule has 6 nitrogen and oxygen atoms in total. The lowest BCUT2D eigenvalue weighted by Crippen LogP contribution is -2.44. The molecule has 0 aliphatic carbocycles. The third-order valence-electron chi connectivity index (χ3n) is 5.26. The number of aliphatic carboxylic acids is 1. The molecule has 0 bridgehead atoms. The van der Waals surface area contributed by atoms with Crippen molar-refractivity contribution in [2.24, 2.45) is 5.41 Å². The van der Waals surface area contributed by atoms with Gasteiger partial charge in [-0.25, -0.2) is 4.79 Å². The Morgan fingerprint density at radius 1 is 1.25 bits per heavy atom. The van der Waals surface area contributed by atoms with Gasteiger partial charge in [-0.2, -0.15) is 0 Å². The van der Waals surface area contributed by atoms with Crippen molar-refractivity contribution in [3.63, 3.8) is 0 Å². The number of nitrogens with zero attached hydrogens (tertiary/aromatic N) is 2. The van der Waals surface area contributed by atoms with Crippen LogP contribution in [-0.2, 0) is 9.59 Å². The molecule has 0 saturated carbocycles. The van der Waals surface area contributed by atoms with Crippen molar-refractivity contribution in [1.82, 2.24) is 9.80 Å². The van der Waals surface area contributed by atoms with E-state index in [1.165, 1.54) is 23.2 Å².